The first kappa shape index (κ1) is 15.8. The molecule has 1 aliphatic carbocycles. The Kier molecular flexibility index (Phi) is 5.23. The minimum absolute atomic E-state index is 0.464. The molecule has 0 bridgehead atoms. The second-order valence-electron chi connectivity index (χ2n) is 7.82. The highest BCUT2D eigenvalue weighted by molar-refractivity contribution is 5.01. The Morgan fingerprint density at radius 3 is 2.48 bits per heavy atom. The van der Waals surface area contributed by atoms with Gasteiger partial charge in [-0.25, -0.2) is 0 Å². The van der Waals surface area contributed by atoms with Crippen LogP contribution in [-0.4, -0.2) is 60.1 Å². The Labute approximate surface area is 131 Å². The van der Waals surface area contributed by atoms with E-state index in [1.54, 1.807) is 0 Å². The molecule has 0 aromatic carbocycles. The Morgan fingerprint density at radius 2 is 1.81 bits per heavy atom. The van der Waals surface area contributed by atoms with E-state index in [1.807, 2.05) is 0 Å². The molecule has 3 aliphatic rings. The molecule has 1 spiro atoms. The third-order valence-corrected chi connectivity index (χ3v) is 6.20. The van der Waals surface area contributed by atoms with E-state index in [1.165, 1.54) is 84.1 Å². The van der Waals surface area contributed by atoms with E-state index < -0.39 is 0 Å². The lowest BCUT2D eigenvalue weighted by molar-refractivity contribution is 0.00774. The van der Waals surface area contributed by atoms with E-state index in [0.29, 0.717) is 5.54 Å². The van der Waals surface area contributed by atoms with Crippen LogP contribution in [0.3, 0.4) is 0 Å². The number of nitrogens with one attached hydrogen (secondary N) is 1. The molecular formula is C18H35N3. The lowest BCUT2D eigenvalue weighted by atomic mass is 9.78. The summed E-state index contributed by atoms with van der Waals surface area (Å²) < 4.78 is 0. The van der Waals surface area contributed by atoms with Gasteiger partial charge in [-0.3, -0.25) is 4.90 Å². The van der Waals surface area contributed by atoms with Crippen molar-refractivity contribution in [1.82, 2.24) is 15.1 Å². The average Bonchev–Trinajstić information content (AvgIpc) is 2.52. The Balaban J connectivity index is 1.58. The van der Waals surface area contributed by atoms with Crippen molar-refractivity contribution in [3.8, 4) is 0 Å². The van der Waals surface area contributed by atoms with Crippen molar-refractivity contribution < 1.29 is 0 Å². The summed E-state index contributed by atoms with van der Waals surface area (Å²) in [5.74, 6) is 0. The predicted octanol–water partition coefficient (Wildman–Crippen LogP) is 2.86. The van der Waals surface area contributed by atoms with E-state index in [4.69, 9.17) is 0 Å². The maximum atomic E-state index is 3.93. The van der Waals surface area contributed by atoms with Gasteiger partial charge in [-0.2, -0.15) is 0 Å². The van der Waals surface area contributed by atoms with Crippen molar-refractivity contribution in [2.24, 2.45) is 0 Å². The van der Waals surface area contributed by atoms with Crippen LogP contribution >= 0.6 is 0 Å². The molecule has 2 heterocycles. The Hall–Kier alpha value is -0.120. The van der Waals surface area contributed by atoms with E-state index in [9.17, 15) is 0 Å². The first-order valence-electron chi connectivity index (χ1n) is 9.45. The first-order valence-corrected chi connectivity index (χ1v) is 9.45. The summed E-state index contributed by atoms with van der Waals surface area (Å²) in [5.41, 5.74) is 0.464. The standard InChI is InChI=1S/C18H35N3/c1-3-11-20-12-7-17(8-13-20)21-15-18(19-14-16(21)2)9-5-4-6-10-18/h16-17,19H,3-15H2,1-2H3. The molecule has 0 aromatic rings. The molecule has 1 N–H and O–H groups in total. The topological polar surface area (TPSA) is 18.5 Å². The number of piperazine rings is 1. The van der Waals surface area contributed by atoms with Gasteiger partial charge in [-0.15, -0.1) is 0 Å². The molecule has 1 saturated carbocycles. The molecule has 3 heteroatoms. The fraction of sp³-hybridized carbons (Fsp3) is 1.00. The van der Waals surface area contributed by atoms with Crippen LogP contribution in [0.5, 0.6) is 0 Å². The Morgan fingerprint density at radius 1 is 1.10 bits per heavy atom. The van der Waals surface area contributed by atoms with E-state index in [0.717, 1.165) is 12.1 Å². The number of piperidine rings is 1. The fourth-order valence-corrected chi connectivity index (χ4v) is 4.89. The van der Waals surface area contributed by atoms with Gasteiger partial charge in [-0.1, -0.05) is 26.2 Å². The second kappa shape index (κ2) is 6.97. The highest BCUT2D eigenvalue weighted by Gasteiger charge is 2.41. The third kappa shape index (κ3) is 3.62. The fourth-order valence-electron chi connectivity index (χ4n) is 4.89. The molecule has 3 fully saturated rings. The van der Waals surface area contributed by atoms with Gasteiger partial charge in [0.25, 0.3) is 0 Å². The monoisotopic (exact) mass is 293 g/mol. The summed E-state index contributed by atoms with van der Waals surface area (Å²) >= 11 is 0. The van der Waals surface area contributed by atoms with Gasteiger partial charge in [0.05, 0.1) is 0 Å². The van der Waals surface area contributed by atoms with Crippen LogP contribution in [0.4, 0.5) is 0 Å². The van der Waals surface area contributed by atoms with Crippen LogP contribution in [0, 0.1) is 0 Å². The number of nitrogens with zero attached hydrogens (tertiary/aromatic N) is 2. The van der Waals surface area contributed by atoms with Crippen molar-refractivity contribution in [3.63, 3.8) is 0 Å². The van der Waals surface area contributed by atoms with Gasteiger partial charge in [0.1, 0.15) is 0 Å². The van der Waals surface area contributed by atoms with E-state index in [-0.39, 0.29) is 0 Å². The Bertz CT molecular complexity index is 316. The maximum absolute atomic E-state index is 3.93. The maximum Gasteiger partial charge on any atom is 0.0309 e. The molecular weight excluding hydrogens is 258 g/mol. The van der Waals surface area contributed by atoms with Crippen LogP contribution in [0.2, 0.25) is 0 Å². The van der Waals surface area contributed by atoms with Gasteiger partial charge in [0.2, 0.25) is 0 Å². The quantitative estimate of drug-likeness (QED) is 0.863. The molecule has 0 aromatic heterocycles. The summed E-state index contributed by atoms with van der Waals surface area (Å²) in [6, 6.07) is 1.56. The average molecular weight is 293 g/mol. The summed E-state index contributed by atoms with van der Waals surface area (Å²) in [6.07, 6.45) is 11.2. The first-order chi connectivity index (χ1) is 10.2. The van der Waals surface area contributed by atoms with Crippen LogP contribution in [0.15, 0.2) is 0 Å². The van der Waals surface area contributed by atoms with Gasteiger partial charge in [0.15, 0.2) is 0 Å². The smallest absolute Gasteiger partial charge is 0.0309 e. The number of hydrogen-bond donors (Lipinski definition) is 1. The molecule has 1 unspecified atom stereocenters. The molecule has 21 heavy (non-hydrogen) atoms. The minimum atomic E-state index is 0.464. The van der Waals surface area contributed by atoms with Crippen LogP contribution in [0.25, 0.3) is 0 Å². The molecule has 1 atom stereocenters. The van der Waals surface area contributed by atoms with E-state index >= 15 is 0 Å². The van der Waals surface area contributed by atoms with Crippen molar-refractivity contribution in [3.05, 3.63) is 0 Å². The third-order valence-electron chi connectivity index (χ3n) is 6.20. The zero-order chi connectivity index (χ0) is 14.7. The molecule has 2 saturated heterocycles. The largest absolute Gasteiger partial charge is 0.308 e. The highest BCUT2D eigenvalue weighted by atomic mass is 15.3. The molecule has 0 radical (unpaired) electrons. The van der Waals surface area contributed by atoms with Gasteiger partial charge >= 0.3 is 0 Å². The predicted molar refractivity (Wildman–Crippen MR) is 89.7 cm³/mol. The zero-order valence-corrected chi connectivity index (χ0v) is 14.2. The van der Waals surface area contributed by atoms with Crippen molar-refractivity contribution in [2.45, 2.75) is 82.8 Å². The SMILES string of the molecule is CCCN1CCC(N2CC3(CCCCC3)NCC2C)CC1. The molecule has 122 valence electrons. The van der Waals surface area contributed by atoms with Gasteiger partial charge in [-0.05, 0) is 58.7 Å². The van der Waals surface area contributed by atoms with Crippen LogP contribution in [-0.2, 0) is 0 Å². The molecule has 0 amide bonds. The number of likely N-dealkylation sites (tertiary alicyclic amines) is 1. The molecule has 3 nitrogen and oxygen atoms in total. The lowest BCUT2D eigenvalue weighted by Crippen LogP contribution is -2.66. The number of rotatable bonds is 3. The zero-order valence-electron chi connectivity index (χ0n) is 14.2. The molecule has 2 aliphatic heterocycles. The minimum Gasteiger partial charge on any atom is -0.308 e. The van der Waals surface area contributed by atoms with Crippen molar-refractivity contribution >= 4 is 0 Å². The van der Waals surface area contributed by atoms with Crippen LogP contribution in [0.1, 0.15) is 65.2 Å². The van der Waals surface area contributed by atoms with Gasteiger partial charge in [0, 0.05) is 30.7 Å². The van der Waals surface area contributed by atoms with Gasteiger partial charge < -0.3 is 10.2 Å². The summed E-state index contributed by atoms with van der Waals surface area (Å²) in [4.78, 5) is 5.55. The number of hydrogen-bond acceptors (Lipinski definition) is 3. The molecule has 3 rings (SSSR count). The van der Waals surface area contributed by atoms with E-state index in [2.05, 4.69) is 29.0 Å². The summed E-state index contributed by atoms with van der Waals surface area (Å²) in [5, 5.41) is 3.93. The summed E-state index contributed by atoms with van der Waals surface area (Å²) in [7, 11) is 0. The lowest BCUT2D eigenvalue weighted by Gasteiger charge is -2.52. The normalized spacial score (nSPS) is 32.6. The van der Waals surface area contributed by atoms with Crippen LogP contribution < -0.4 is 5.32 Å². The second-order valence-corrected chi connectivity index (χ2v) is 7.82. The van der Waals surface area contributed by atoms with Crippen molar-refractivity contribution in [1.29, 1.82) is 0 Å². The highest BCUT2D eigenvalue weighted by Crippen LogP contribution is 2.33. The summed E-state index contributed by atoms with van der Waals surface area (Å²) in [6.45, 7) is 11.2. The van der Waals surface area contributed by atoms with Crippen molar-refractivity contribution in [2.75, 3.05) is 32.7 Å².